The number of benzene rings is 1. The average molecular weight is 389 g/mol. The molecule has 5 heteroatoms. The number of methoxy groups -OCH3 is 1. The minimum absolute atomic E-state index is 0.0294. The van der Waals surface area contributed by atoms with Crippen LogP contribution in [0.5, 0.6) is 0 Å². The van der Waals surface area contributed by atoms with E-state index in [1.54, 1.807) is 0 Å². The predicted octanol–water partition coefficient (Wildman–Crippen LogP) is 3.81. The summed E-state index contributed by atoms with van der Waals surface area (Å²) in [5, 5.41) is 1.11. The second-order valence-electron chi connectivity index (χ2n) is 7.98. The SMILES string of the molecule is CC[C@@]1(OC)C(=O)OCC2=C1/C=C1/Cc3nc4ccccc4cc3C1CCC2=O. The largest absolute Gasteiger partial charge is 0.458 e. The van der Waals surface area contributed by atoms with Crippen molar-refractivity contribution in [1.82, 2.24) is 4.98 Å². The first-order valence-corrected chi connectivity index (χ1v) is 10.2. The maximum absolute atomic E-state index is 13.0. The number of hydrogen-bond donors (Lipinski definition) is 0. The number of nitrogens with zero attached hydrogens (tertiary/aromatic N) is 1. The number of aromatic nitrogens is 1. The standard InChI is InChI=1S/C24H23NO4/c1-3-24(28-2)19-11-15-12-21-17(10-14-6-4-5-7-20(14)25-21)16(15)8-9-22(26)18(19)13-29-23(24)27/h4-7,10-11,16H,3,8-9,12-13H2,1-2H3/b15-11-/t16?,24-/m0/s1. The van der Waals surface area contributed by atoms with Gasteiger partial charge in [-0.15, -0.1) is 0 Å². The molecule has 2 atom stereocenters. The van der Waals surface area contributed by atoms with Gasteiger partial charge in [0.2, 0.25) is 0 Å². The molecule has 1 aromatic heterocycles. The van der Waals surface area contributed by atoms with Gasteiger partial charge in [-0.1, -0.05) is 36.8 Å². The third kappa shape index (κ3) is 2.60. The number of carbonyl (C=O) groups is 2. The summed E-state index contributed by atoms with van der Waals surface area (Å²) in [7, 11) is 1.51. The third-order valence-electron chi connectivity index (χ3n) is 6.64. The Balaban J connectivity index is 1.69. The first kappa shape index (κ1) is 18.3. The van der Waals surface area contributed by atoms with Crippen molar-refractivity contribution in [2.45, 2.75) is 44.1 Å². The number of pyridine rings is 1. The quantitative estimate of drug-likeness (QED) is 0.731. The molecule has 1 unspecified atom stereocenters. The lowest BCUT2D eigenvalue weighted by atomic mass is 9.78. The number of ketones is 1. The van der Waals surface area contributed by atoms with Crippen LogP contribution in [0.25, 0.3) is 10.9 Å². The highest BCUT2D eigenvalue weighted by molar-refractivity contribution is 6.01. The molecule has 0 spiro atoms. The number of rotatable bonds is 2. The monoisotopic (exact) mass is 389 g/mol. The summed E-state index contributed by atoms with van der Waals surface area (Å²) < 4.78 is 11.1. The summed E-state index contributed by atoms with van der Waals surface area (Å²) in [5.74, 6) is -0.230. The minimum Gasteiger partial charge on any atom is -0.458 e. The van der Waals surface area contributed by atoms with Crippen LogP contribution in [0.2, 0.25) is 0 Å². The average Bonchev–Trinajstić information content (AvgIpc) is 3.05. The second kappa shape index (κ2) is 6.63. The molecule has 0 radical (unpaired) electrons. The number of fused-ring (bicyclic) bond motifs is 4. The normalized spacial score (nSPS) is 28.1. The lowest BCUT2D eigenvalue weighted by molar-refractivity contribution is -0.166. The molecule has 5 rings (SSSR count). The molecule has 0 fully saturated rings. The van der Waals surface area contributed by atoms with Gasteiger partial charge in [0.15, 0.2) is 11.4 Å². The molecule has 29 heavy (non-hydrogen) atoms. The third-order valence-corrected chi connectivity index (χ3v) is 6.64. The number of para-hydroxylation sites is 1. The van der Waals surface area contributed by atoms with Crippen LogP contribution >= 0.6 is 0 Å². The van der Waals surface area contributed by atoms with Gasteiger partial charge in [-0.3, -0.25) is 9.78 Å². The van der Waals surface area contributed by atoms with Gasteiger partial charge in [0.05, 0.1) is 5.52 Å². The Morgan fingerprint density at radius 1 is 1.28 bits per heavy atom. The maximum atomic E-state index is 13.0. The van der Waals surface area contributed by atoms with Crippen molar-refractivity contribution in [2.24, 2.45) is 0 Å². The topological polar surface area (TPSA) is 65.5 Å². The highest BCUT2D eigenvalue weighted by atomic mass is 16.6. The molecule has 0 saturated carbocycles. The summed E-state index contributed by atoms with van der Waals surface area (Å²) in [6.07, 6.45) is 4.35. The fraction of sp³-hybridized carbons (Fsp3) is 0.375. The zero-order valence-electron chi connectivity index (χ0n) is 16.7. The fourth-order valence-corrected chi connectivity index (χ4v) is 5.03. The molecule has 148 valence electrons. The zero-order chi connectivity index (χ0) is 20.2. The van der Waals surface area contributed by atoms with Crippen LogP contribution in [0.15, 0.2) is 53.1 Å². The van der Waals surface area contributed by atoms with Crippen LogP contribution < -0.4 is 0 Å². The highest BCUT2D eigenvalue weighted by Gasteiger charge is 2.48. The summed E-state index contributed by atoms with van der Waals surface area (Å²) >= 11 is 0. The van der Waals surface area contributed by atoms with Crippen molar-refractivity contribution in [3.05, 3.63) is 64.4 Å². The Hall–Kier alpha value is -2.79. The van der Waals surface area contributed by atoms with Crippen molar-refractivity contribution in [2.75, 3.05) is 13.7 Å². The van der Waals surface area contributed by atoms with Gasteiger partial charge in [-0.2, -0.15) is 0 Å². The minimum atomic E-state index is -1.22. The van der Waals surface area contributed by atoms with Gasteiger partial charge in [-0.25, -0.2) is 4.79 Å². The van der Waals surface area contributed by atoms with Crippen LogP contribution in [0.3, 0.4) is 0 Å². The molecule has 0 bridgehead atoms. The summed E-state index contributed by atoms with van der Waals surface area (Å²) in [6.45, 7) is 1.92. The highest BCUT2D eigenvalue weighted by Crippen LogP contribution is 2.45. The number of allylic oxidation sites excluding steroid dienone is 1. The molecule has 3 aliphatic rings. The molecule has 2 heterocycles. The van der Waals surface area contributed by atoms with Gasteiger partial charge in [-0.05, 0) is 30.5 Å². The van der Waals surface area contributed by atoms with E-state index in [-0.39, 0.29) is 18.3 Å². The number of hydrogen-bond acceptors (Lipinski definition) is 5. The number of ether oxygens (including phenoxy) is 2. The number of carbonyl (C=O) groups excluding carboxylic acids is 2. The molecule has 1 aliphatic heterocycles. The molecule has 2 aromatic rings. The van der Waals surface area contributed by atoms with Gasteiger partial charge in [0.1, 0.15) is 6.61 Å². The maximum Gasteiger partial charge on any atom is 0.343 e. The Labute approximate surface area is 169 Å². The Morgan fingerprint density at radius 3 is 2.90 bits per heavy atom. The van der Waals surface area contributed by atoms with Crippen LogP contribution in [0.1, 0.15) is 43.4 Å². The molecule has 0 saturated heterocycles. The smallest absolute Gasteiger partial charge is 0.343 e. The number of cyclic esters (lactones) is 1. The number of esters is 1. The van der Waals surface area contributed by atoms with E-state index in [0.717, 1.165) is 29.4 Å². The van der Waals surface area contributed by atoms with Crippen LogP contribution in [0, 0.1) is 0 Å². The van der Waals surface area contributed by atoms with E-state index in [1.165, 1.54) is 18.2 Å². The van der Waals surface area contributed by atoms with Crippen molar-refractivity contribution in [3.63, 3.8) is 0 Å². The van der Waals surface area contributed by atoms with E-state index in [0.29, 0.717) is 24.0 Å². The summed E-state index contributed by atoms with van der Waals surface area (Å²) in [6, 6.07) is 10.3. The van der Waals surface area contributed by atoms with E-state index >= 15 is 0 Å². The summed E-state index contributed by atoms with van der Waals surface area (Å²) in [4.78, 5) is 30.6. The van der Waals surface area contributed by atoms with Gasteiger partial charge in [0, 0.05) is 48.1 Å². The van der Waals surface area contributed by atoms with E-state index < -0.39 is 11.6 Å². The van der Waals surface area contributed by atoms with Gasteiger partial charge >= 0.3 is 5.97 Å². The number of Topliss-reactive ketones (excluding diaryl/α,β-unsaturated/α-hetero) is 1. The second-order valence-corrected chi connectivity index (χ2v) is 7.98. The van der Waals surface area contributed by atoms with Crippen LogP contribution in [-0.4, -0.2) is 36.1 Å². The van der Waals surface area contributed by atoms with Gasteiger partial charge < -0.3 is 9.47 Å². The van der Waals surface area contributed by atoms with E-state index in [1.807, 2.05) is 31.2 Å². The Kier molecular flexibility index (Phi) is 4.17. The molecule has 0 amide bonds. The molecular formula is C24H23NO4. The first-order chi connectivity index (χ1) is 14.1. The molecule has 0 N–H and O–H groups in total. The molecular weight excluding hydrogens is 366 g/mol. The molecule has 1 aromatic carbocycles. The fourth-order valence-electron chi connectivity index (χ4n) is 5.03. The predicted molar refractivity (Wildman–Crippen MR) is 109 cm³/mol. The summed E-state index contributed by atoms with van der Waals surface area (Å²) in [5.41, 5.74) is 4.49. The van der Waals surface area contributed by atoms with Crippen LogP contribution in [0.4, 0.5) is 0 Å². The lowest BCUT2D eigenvalue weighted by Crippen LogP contribution is -2.48. The van der Waals surface area contributed by atoms with E-state index in [2.05, 4.69) is 12.1 Å². The van der Waals surface area contributed by atoms with E-state index in [4.69, 9.17) is 14.5 Å². The van der Waals surface area contributed by atoms with Crippen molar-refractivity contribution in [1.29, 1.82) is 0 Å². The van der Waals surface area contributed by atoms with E-state index in [9.17, 15) is 9.59 Å². The molecule has 5 nitrogen and oxygen atoms in total. The first-order valence-electron chi connectivity index (χ1n) is 10.2. The van der Waals surface area contributed by atoms with Crippen molar-refractivity contribution < 1.29 is 19.1 Å². The Bertz CT molecular complexity index is 1110. The zero-order valence-corrected chi connectivity index (χ0v) is 16.7. The Morgan fingerprint density at radius 2 is 2.10 bits per heavy atom. The lowest BCUT2D eigenvalue weighted by Gasteiger charge is -2.37. The van der Waals surface area contributed by atoms with Crippen LogP contribution in [-0.2, 0) is 25.5 Å². The van der Waals surface area contributed by atoms with Crippen molar-refractivity contribution in [3.8, 4) is 0 Å². The molecule has 2 aliphatic carbocycles. The van der Waals surface area contributed by atoms with Crippen molar-refractivity contribution >= 4 is 22.7 Å². The van der Waals surface area contributed by atoms with Gasteiger partial charge in [0.25, 0.3) is 0 Å².